The molecular weight excluding hydrogens is 457 g/mol. The Bertz CT molecular complexity index is 1080. The van der Waals surface area contributed by atoms with Crippen molar-refractivity contribution in [3.8, 4) is 0 Å². The number of para-hydroxylation sites is 2. The third-order valence-electron chi connectivity index (χ3n) is 5.60. The Hall–Kier alpha value is -3.40. The molecule has 2 aliphatic rings. The van der Waals surface area contributed by atoms with E-state index in [0.717, 1.165) is 37.7 Å². The monoisotopic (exact) mass is 483 g/mol. The summed E-state index contributed by atoms with van der Waals surface area (Å²) in [6, 6.07) is 15.0. The zero-order chi connectivity index (χ0) is 23.9. The van der Waals surface area contributed by atoms with Crippen molar-refractivity contribution < 1.29 is 18.8 Å². The minimum atomic E-state index is -0.640. The van der Waals surface area contributed by atoms with E-state index in [1.165, 1.54) is 17.0 Å². The molecule has 2 aliphatic heterocycles. The van der Waals surface area contributed by atoms with E-state index in [-0.39, 0.29) is 41.8 Å². The van der Waals surface area contributed by atoms with Crippen LogP contribution in [0.4, 0.5) is 15.8 Å². The van der Waals surface area contributed by atoms with E-state index in [1.807, 2.05) is 23.1 Å². The van der Waals surface area contributed by atoms with E-state index in [1.54, 1.807) is 24.3 Å². The Morgan fingerprint density at radius 2 is 1.79 bits per heavy atom. The molecule has 1 atom stereocenters. The van der Waals surface area contributed by atoms with Crippen LogP contribution >= 0.6 is 11.8 Å². The summed E-state index contributed by atoms with van der Waals surface area (Å²) >= 11 is 1.16. The largest absolute Gasteiger partial charge is 0.343 e. The number of amides is 3. The molecule has 0 spiro atoms. The normalized spacial score (nSPS) is 17.9. The average molecular weight is 484 g/mol. The molecule has 10 heteroatoms. The Kier molecular flexibility index (Phi) is 7.79. The van der Waals surface area contributed by atoms with Crippen LogP contribution in [0.1, 0.15) is 25.7 Å². The molecule has 1 fully saturated rings. The third-order valence-corrected chi connectivity index (χ3v) is 6.66. The molecule has 0 unspecified atom stereocenters. The first-order valence-electron chi connectivity index (χ1n) is 11.2. The number of carbonyl (C=O) groups excluding carboxylic acids is 3. The van der Waals surface area contributed by atoms with Gasteiger partial charge in [-0.3, -0.25) is 24.7 Å². The van der Waals surface area contributed by atoms with Gasteiger partial charge < -0.3 is 10.2 Å². The van der Waals surface area contributed by atoms with Gasteiger partial charge in [0.15, 0.2) is 5.50 Å². The van der Waals surface area contributed by atoms with Gasteiger partial charge in [0.1, 0.15) is 11.5 Å². The van der Waals surface area contributed by atoms with Gasteiger partial charge >= 0.3 is 0 Å². The highest BCUT2D eigenvalue weighted by molar-refractivity contribution is 8.00. The lowest BCUT2D eigenvalue weighted by Crippen LogP contribution is -2.53. The van der Waals surface area contributed by atoms with Gasteiger partial charge in [-0.25, -0.2) is 4.39 Å². The van der Waals surface area contributed by atoms with Crippen LogP contribution in [0.15, 0.2) is 59.7 Å². The van der Waals surface area contributed by atoms with Gasteiger partial charge in [-0.1, -0.05) is 30.3 Å². The Morgan fingerprint density at radius 3 is 2.53 bits per heavy atom. The molecule has 2 aromatic rings. The molecule has 0 bridgehead atoms. The second-order valence-electron chi connectivity index (χ2n) is 7.98. The van der Waals surface area contributed by atoms with Crippen molar-refractivity contribution in [3.63, 3.8) is 0 Å². The second kappa shape index (κ2) is 11.1. The SMILES string of the molecule is O=C(CS[C@H]1NN=C(CCC(=O)N2CCCC2)C(=O)N1c1ccccc1)Nc1ccccc1F. The van der Waals surface area contributed by atoms with E-state index >= 15 is 0 Å². The molecule has 8 nitrogen and oxygen atoms in total. The summed E-state index contributed by atoms with van der Waals surface area (Å²) in [6.07, 6.45) is 2.48. The van der Waals surface area contributed by atoms with Gasteiger partial charge in [-0.2, -0.15) is 5.10 Å². The summed E-state index contributed by atoms with van der Waals surface area (Å²) in [7, 11) is 0. The predicted octanol–water partition coefficient (Wildman–Crippen LogP) is 3.18. The van der Waals surface area contributed by atoms with Gasteiger partial charge in [0.05, 0.1) is 11.4 Å². The number of benzene rings is 2. The fourth-order valence-electron chi connectivity index (χ4n) is 3.85. The highest BCUT2D eigenvalue weighted by Gasteiger charge is 2.33. The first-order chi connectivity index (χ1) is 16.5. The van der Waals surface area contributed by atoms with Crippen LogP contribution in [0, 0.1) is 5.82 Å². The minimum absolute atomic E-state index is 0.0269. The lowest BCUT2D eigenvalue weighted by molar-refractivity contribution is -0.130. The lowest BCUT2D eigenvalue weighted by atomic mass is 10.1. The van der Waals surface area contributed by atoms with Crippen LogP contribution in [0.3, 0.4) is 0 Å². The van der Waals surface area contributed by atoms with Crippen LogP contribution in [0.25, 0.3) is 0 Å². The van der Waals surface area contributed by atoms with Crippen molar-refractivity contribution in [1.82, 2.24) is 10.3 Å². The average Bonchev–Trinajstić information content (AvgIpc) is 3.39. The van der Waals surface area contributed by atoms with Crippen molar-refractivity contribution in [1.29, 1.82) is 0 Å². The fraction of sp³-hybridized carbons (Fsp3) is 0.333. The molecule has 2 N–H and O–H groups in total. The van der Waals surface area contributed by atoms with Gasteiger partial charge in [-0.05, 0) is 37.1 Å². The smallest absolute Gasteiger partial charge is 0.276 e. The standard InChI is InChI=1S/C24H26FN5O3S/c25-18-10-4-5-11-19(18)26-21(31)16-34-24-28-27-20(12-13-22(32)29-14-6-7-15-29)23(33)30(24)17-8-2-1-3-9-17/h1-5,8-11,24,28H,6-7,12-16H2,(H,26,31)/t24-/m0/s1. The van der Waals surface area contributed by atoms with E-state index in [0.29, 0.717) is 5.69 Å². The predicted molar refractivity (Wildman–Crippen MR) is 131 cm³/mol. The molecule has 4 rings (SSSR count). The van der Waals surface area contributed by atoms with Crippen LogP contribution in [-0.2, 0) is 14.4 Å². The first-order valence-corrected chi connectivity index (χ1v) is 12.2. The zero-order valence-corrected chi connectivity index (χ0v) is 19.4. The molecular formula is C24H26FN5O3S. The number of hydrazone groups is 1. The van der Waals surface area contributed by atoms with Crippen LogP contribution in [0.5, 0.6) is 0 Å². The molecule has 0 aromatic heterocycles. The van der Waals surface area contributed by atoms with Crippen molar-refractivity contribution in [2.75, 3.05) is 29.1 Å². The maximum absolute atomic E-state index is 13.8. The van der Waals surface area contributed by atoms with Crippen molar-refractivity contribution >= 4 is 46.6 Å². The van der Waals surface area contributed by atoms with E-state index in [9.17, 15) is 18.8 Å². The zero-order valence-electron chi connectivity index (χ0n) is 18.6. The summed E-state index contributed by atoms with van der Waals surface area (Å²) in [4.78, 5) is 41.5. The Morgan fingerprint density at radius 1 is 1.09 bits per heavy atom. The molecule has 2 aromatic carbocycles. The van der Waals surface area contributed by atoms with E-state index < -0.39 is 17.2 Å². The summed E-state index contributed by atoms with van der Waals surface area (Å²) in [6.45, 7) is 1.53. The fourth-order valence-corrected chi connectivity index (χ4v) is 4.73. The summed E-state index contributed by atoms with van der Waals surface area (Å²) in [5.41, 5.74) is 3.32. The molecule has 0 saturated carbocycles. The number of rotatable bonds is 8. The number of carbonyl (C=O) groups is 3. The molecule has 0 radical (unpaired) electrons. The number of anilines is 2. The van der Waals surface area contributed by atoms with Crippen molar-refractivity contribution in [2.24, 2.45) is 5.10 Å². The summed E-state index contributed by atoms with van der Waals surface area (Å²) in [5, 5.41) is 6.77. The van der Waals surface area contributed by atoms with Gasteiger partial charge in [-0.15, -0.1) is 11.8 Å². The molecule has 2 heterocycles. The highest BCUT2D eigenvalue weighted by atomic mass is 32.2. The topological polar surface area (TPSA) is 94.1 Å². The molecule has 1 saturated heterocycles. The highest BCUT2D eigenvalue weighted by Crippen LogP contribution is 2.26. The third kappa shape index (κ3) is 5.74. The Labute approximate surface area is 201 Å². The number of halogens is 1. The van der Waals surface area contributed by atoms with Gasteiger partial charge in [0.25, 0.3) is 5.91 Å². The first kappa shape index (κ1) is 23.7. The summed E-state index contributed by atoms with van der Waals surface area (Å²) < 4.78 is 13.8. The van der Waals surface area contributed by atoms with Crippen molar-refractivity contribution in [3.05, 3.63) is 60.4 Å². The van der Waals surface area contributed by atoms with Crippen LogP contribution in [0.2, 0.25) is 0 Å². The van der Waals surface area contributed by atoms with Gasteiger partial charge in [0.2, 0.25) is 11.8 Å². The number of hydrogen-bond acceptors (Lipinski definition) is 6. The quantitative estimate of drug-likeness (QED) is 0.602. The maximum atomic E-state index is 13.8. The molecule has 0 aliphatic carbocycles. The molecule has 3 amide bonds. The number of thioether (sulfide) groups is 1. The van der Waals surface area contributed by atoms with Gasteiger partial charge in [0, 0.05) is 31.6 Å². The molecule has 34 heavy (non-hydrogen) atoms. The van der Waals surface area contributed by atoms with Crippen molar-refractivity contribution in [2.45, 2.75) is 31.2 Å². The van der Waals surface area contributed by atoms with Crippen LogP contribution in [-0.4, -0.2) is 52.7 Å². The Balaban J connectivity index is 1.42. The summed E-state index contributed by atoms with van der Waals surface area (Å²) in [5.74, 6) is -1.23. The van der Waals surface area contributed by atoms with E-state index in [2.05, 4.69) is 15.8 Å². The second-order valence-corrected chi connectivity index (χ2v) is 9.05. The number of hydrogen-bond donors (Lipinski definition) is 2. The number of nitrogens with zero attached hydrogens (tertiary/aromatic N) is 3. The minimum Gasteiger partial charge on any atom is -0.343 e. The molecule has 178 valence electrons. The van der Waals surface area contributed by atoms with E-state index in [4.69, 9.17) is 0 Å². The number of nitrogens with one attached hydrogen (secondary N) is 2. The number of likely N-dealkylation sites (tertiary alicyclic amines) is 1. The van der Waals surface area contributed by atoms with Crippen LogP contribution < -0.4 is 15.6 Å². The lowest BCUT2D eigenvalue weighted by Gasteiger charge is -2.34. The maximum Gasteiger partial charge on any atom is 0.276 e.